The number of phenolic OH excluding ortho intramolecular Hbond substituents is 1. The zero-order valence-electron chi connectivity index (χ0n) is 21.7. The van der Waals surface area contributed by atoms with E-state index in [0.29, 0.717) is 18.6 Å². The van der Waals surface area contributed by atoms with Crippen LogP contribution in [0.15, 0.2) is 42.5 Å². The predicted octanol–water partition coefficient (Wildman–Crippen LogP) is 3.81. The molecular weight excluding hydrogens is 464 g/mol. The van der Waals surface area contributed by atoms with E-state index in [2.05, 4.69) is 11.0 Å². The maximum absolute atomic E-state index is 13.4. The van der Waals surface area contributed by atoms with Crippen molar-refractivity contribution in [3.8, 4) is 11.5 Å². The van der Waals surface area contributed by atoms with Gasteiger partial charge >= 0.3 is 0 Å². The highest BCUT2D eigenvalue weighted by Gasteiger charge is 2.73. The summed E-state index contributed by atoms with van der Waals surface area (Å²) in [4.78, 5) is 17.7. The summed E-state index contributed by atoms with van der Waals surface area (Å²) in [5.41, 5.74) is 2.78. The van der Waals surface area contributed by atoms with Crippen molar-refractivity contribution in [3.63, 3.8) is 0 Å². The van der Waals surface area contributed by atoms with E-state index in [0.717, 1.165) is 48.5 Å². The zero-order valence-corrected chi connectivity index (χ0v) is 21.7. The van der Waals surface area contributed by atoms with Crippen molar-refractivity contribution >= 4 is 12.0 Å². The molecule has 2 N–H and O–H groups in total. The topological polar surface area (TPSA) is 73.2 Å². The lowest BCUT2D eigenvalue weighted by atomic mass is 9.48. The molecule has 5 aliphatic rings. The molecule has 6 nitrogen and oxygen atoms in total. The first-order valence-corrected chi connectivity index (χ1v) is 13.8. The van der Waals surface area contributed by atoms with Crippen molar-refractivity contribution in [1.82, 2.24) is 9.80 Å². The third-order valence-electron chi connectivity index (χ3n) is 10.0. The molecule has 2 bridgehead atoms. The van der Waals surface area contributed by atoms with Crippen LogP contribution in [0.5, 0.6) is 11.5 Å². The van der Waals surface area contributed by atoms with Gasteiger partial charge in [-0.15, -0.1) is 0 Å². The smallest absolute Gasteiger partial charge is 0.246 e. The Balaban J connectivity index is 1.25. The number of likely N-dealkylation sites (N-methyl/N-ethyl adjacent to an activating group) is 1. The SMILES string of the molecule is Cc1cccc(C=CC(=O)N(C)[C@@H]2CC[C@@]3(O)[C@H]4Cc5ccc(O)c6c5[C@@]3(CCN4CC3CC3)[C@H]2O6)c1. The molecule has 2 aromatic rings. The summed E-state index contributed by atoms with van der Waals surface area (Å²) in [6.45, 7) is 4.01. The first-order valence-electron chi connectivity index (χ1n) is 13.8. The van der Waals surface area contributed by atoms with E-state index in [1.165, 1.54) is 18.4 Å². The lowest BCUT2D eigenvalue weighted by Gasteiger charge is -2.64. The maximum Gasteiger partial charge on any atom is 0.246 e. The van der Waals surface area contributed by atoms with Gasteiger partial charge in [0.2, 0.25) is 5.91 Å². The highest BCUT2D eigenvalue weighted by Crippen LogP contribution is 2.66. The Bertz CT molecular complexity index is 1300. The monoisotopic (exact) mass is 500 g/mol. The molecule has 0 aromatic heterocycles. The van der Waals surface area contributed by atoms with E-state index in [1.54, 1.807) is 17.0 Å². The van der Waals surface area contributed by atoms with Gasteiger partial charge in [-0.3, -0.25) is 9.69 Å². The minimum absolute atomic E-state index is 0.0408. The van der Waals surface area contributed by atoms with Crippen LogP contribution in [0.1, 0.15) is 54.4 Å². The normalized spacial score (nSPS) is 33.8. The van der Waals surface area contributed by atoms with Crippen molar-refractivity contribution in [2.24, 2.45) is 5.92 Å². The Kier molecular flexibility index (Phi) is 5.09. The molecule has 3 aliphatic carbocycles. The summed E-state index contributed by atoms with van der Waals surface area (Å²) in [6.07, 6.45) is 8.54. The van der Waals surface area contributed by atoms with Gasteiger partial charge in [0.15, 0.2) is 11.5 Å². The summed E-state index contributed by atoms with van der Waals surface area (Å²) in [7, 11) is 1.85. The Hall–Kier alpha value is -2.83. The minimum atomic E-state index is -0.936. The maximum atomic E-state index is 13.4. The molecule has 0 unspecified atom stereocenters. The van der Waals surface area contributed by atoms with Crippen molar-refractivity contribution < 1.29 is 19.7 Å². The van der Waals surface area contributed by atoms with Crippen molar-refractivity contribution in [1.29, 1.82) is 0 Å². The number of hydrogen-bond acceptors (Lipinski definition) is 5. The molecule has 1 saturated heterocycles. The molecular formula is C31H36N2O4. The van der Waals surface area contributed by atoms with Gasteiger partial charge in [-0.25, -0.2) is 0 Å². The first-order chi connectivity index (χ1) is 17.8. The van der Waals surface area contributed by atoms with Crippen molar-refractivity contribution in [2.45, 2.75) is 74.7 Å². The Morgan fingerprint density at radius 1 is 1.22 bits per heavy atom. The molecule has 2 heterocycles. The Labute approximate surface area is 218 Å². The van der Waals surface area contributed by atoms with E-state index in [-0.39, 0.29) is 29.8 Å². The number of carbonyl (C=O) groups excluding carboxylic acids is 1. The zero-order chi connectivity index (χ0) is 25.5. The Morgan fingerprint density at radius 3 is 2.84 bits per heavy atom. The number of hydrogen-bond donors (Lipinski definition) is 2. The van der Waals surface area contributed by atoms with Gasteiger partial charge in [-0.2, -0.15) is 0 Å². The van der Waals surface area contributed by atoms with Gasteiger partial charge in [-0.1, -0.05) is 35.9 Å². The number of rotatable bonds is 5. The van der Waals surface area contributed by atoms with Crippen LogP contribution < -0.4 is 4.74 Å². The van der Waals surface area contributed by atoms with E-state index < -0.39 is 11.0 Å². The quantitative estimate of drug-likeness (QED) is 0.611. The molecule has 2 saturated carbocycles. The number of aryl methyl sites for hydroxylation is 1. The highest BCUT2D eigenvalue weighted by molar-refractivity contribution is 5.92. The van der Waals surface area contributed by atoms with E-state index in [1.807, 2.05) is 44.3 Å². The average molecular weight is 501 g/mol. The summed E-state index contributed by atoms with van der Waals surface area (Å²) >= 11 is 0. The van der Waals surface area contributed by atoms with Crippen LogP contribution in [-0.2, 0) is 16.6 Å². The van der Waals surface area contributed by atoms with Gasteiger partial charge in [-0.05, 0) is 81.2 Å². The third-order valence-corrected chi connectivity index (χ3v) is 10.0. The van der Waals surface area contributed by atoms with Gasteiger partial charge < -0.3 is 19.8 Å². The van der Waals surface area contributed by atoms with Gasteiger partial charge in [0.1, 0.15) is 6.10 Å². The largest absolute Gasteiger partial charge is 0.504 e. The van der Waals surface area contributed by atoms with Crippen LogP contribution in [0.2, 0.25) is 0 Å². The molecule has 2 aliphatic heterocycles. The predicted molar refractivity (Wildman–Crippen MR) is 142 cm³/mol. The fourth-order valence-corrected chi connectivity index (χ4v) is 8.07. The average Bonchev–Trinajstić information content (AvgIpc) is 3.62. The van der Waals surface area contributed by atoms with Crippen LogP contribution in [0, 0.1) is 12.8 Å². The molecule has 194 valence electrons. The fourth-order valence-electron chi connectivity index (χ4n) is 8.07. The molecule has 1 spiro atoms. The minimum Gasteiger partial charge on any atom is -0.504 e. The van der Waals surface area contributed by atoms with Gasteiger partial charge in [0, 0.05) is 31.3 Å². The second-order valence-electron chi connectivity index (χ2n) is 12.1. The molecule has 5 atom stereocenters. The number of aromatic hydroxyl groups is 1. The van der Waals surface area contributed by atoms with Gasteiger partial charge in [0.25, 0.3) is 0 Å². The molecule has 7 rings (SSSR count). The van der Waals surface area contributed by atoms with E-state index in [4.69, 9.17) is 4.74 Å². The lowest BCUT2D eigenvalue weighted by Crippen LogP contribution is -2.78. The van der Waals surface area contributed by atoms with Crippen LogP contribution in [0.25, 0.3) is 6.08 Å². The van der Waals surface area contributed by atoms with Crippen molar-refractivity contribution in [2.75, 3.05) is 20.1 Å². The summed E-state index contributed by atoms with van der Waals surface area (Å²) in [6, 6.07) is 11.7. The lowest BCUT2D eigenvalue weighted by molar-refractivity contribution is -0.200. The van der Waals surface area contributed by atoms with Crippen LogP contribution in [-0.4, -0.2) is 69.8 Å². The number of piperidine rings is 1. The second kappa shape index (κ2) is 8.08. The standard InChI is InChI=1S/C31H36N2O4/c1-19-4-3-5-20(16-19)8-11-26(35)32(2)23-12-13-31(36)25-17-22-9-10-24(34)28-27(22)30(31,29(23)37-28)14-15-33(25)18-21-6-7-21/h3-5,8-11,16,21,23,25,29,34,36H,6-7,12-15,17-18H2,1-2H3/t23-,25-,29+,30+,31-/m1/s1. The number of benzene rings is 2. The number of likely N-dealkylation sites (tertiary alicyclic amines) is 1. The third kappa shape index (κ3) is 3.28. The number of carbonyl (C=O) groups is 1. The highest BCUT2D eigenvalue weighted by atomic mass is 16.5. The number of ether oxygens (including phenoxy) is 1. The van der Waals surface area contributed by atoms with Crippen LogP contribution in [0.4, 0.5) is 0 Å². The Morgan fingerprint density at radius 2 is 2.05 bits per heavy atom. The molecule has 1 amide bonds. The fraction of sp³-hybridized carbons (Fsp3) is 0.516. The van der Waals surface area contributed by atoms with E-state index >= 15 is 0 Å². The van der Waals surface area contributed by atoms with Crippen LogP contribution in [0.3, 0.4) is 0 Å². The molecule has 37 heavy (non-hydrogen) atoms. The number of nitrogens with zero attached hydrogens (tertiary/aromatic N) is 2. The van der Waals surface area contributed by atoms with E-state index in [9.17, 15) is 15.0 Å². The number of phenols is 1. The first kappa shape index (κ1) is 23.3. The van der Waals surface area contributed by atoms with Crippen molar-refractivity contribution in [3.05, 3.63) is 64.7 Å². The number of amides is 1. The summed E-state index contributed by atoms with van der Waals surface area (Å²) < 4.78 is 6.62. The molecule has 6 heteroatoms. The summed E-state index contributed by atoms with van der Waals surface area (Å²) in [5.74, 6) is 1.34. The second-order valence-corrected chi connectivity index (χ2v) is 12.1. The molecule has 2 aromatic carbocycles. The number of aliphatic hydroxyl groups is 1. The molecule has 0 radical (unpaired) electrons. The molecule has 3 fully saturated rings. The van der Waals surface area contributed by atoms with Gasteiger partial charge in [0.05, 0.1) is 17.1 Å². The summed E-state index contributed by atoms with van der Waals surface area (Å²) in [5, 5.41) is 23.4. The van der Waals surface area contributed by atoms with Crippen LogP contribution >= 0.6 is 0 Å².